The number of amides is 1. The van der Waals surface area contributed by atoms with E-state index in [0.717, 1.165) is 30.7 Å². The summed E-state index contributed by atoms with van der Waals surface area (Å²) in [5.74, 6) is -4.08. The molecule has 2 aromatic rings. The van der Waals surface area contributed by atoms with Gasteiger partial charge in [-0.3, -0.25) is 9.59 Å². The van der Waals surface area contributed by atoms with Gasteiger partial charge in [0.25, 0.3) is 0 Å². The smallest absolute Gasteiger partial charge is 0.626 e. The molecular weight excluding hydrogens is 668 g/mol. The molecule has 1 N–H and O–H groups in total. The second-order valence-electron chi connectivity index (χ2n) is 10.9. The zero-order chi connectivity index (χ0) is 30.6. The molecule has 1 aromatic heterocycles. The number of piperazine rings is 1. The molecule has 1 saturated carbocycles. The number of carbonyl (C=O) groups excluding carboxylic acids is 3. The molecule has 2 atom stereocenters. The number of nitrogens with zero attached hydrogens (tertiary/aromatic N) is 4. The maximum absolute atomic E-state index is 15.3. The number of anilines is 1. The summed E-state index contributed by atoms with van der Waals surface area (Å²) >= 11 is 7.86. The molecule has 0 unspecified atom stereocenters. The van der Waals surface area contributed by atoms with E-state index < -0.39 is 38.8 Å². The molecule has 1 aromatic carbocycles. The maximum atomic E-state index is 15.3. The fourth-order valence-electron chi connectivity index (χ4n) is 5.67. The van der Waals surface area contributed by atoms with E-state index in [1.54, 1.807) is 10.6 Å². The summed E-state index contributed by atoms with van der Waals surface area (Å²) in [6, 6.07) is 2.74. The van der Waals surface area contributed by atoms with Gasteiger partial charge in [-0.15, -0.1) is 0 Å². The Morgan fingerprint density at radius 3 is 2.36 bits per heavy atom. The van der Waals surface area contributed by atoms with Crippen LogP contribution in [0.4, 0.5) is 10.1 Å². The molecule has 4 heterocycles. The molecule has 0 bridgehead atoms. The summed E-state index contributed by atoms with van der Waals surface area (Å²) < 4.78 is 16.6. The minimum Gasteiger partial charge on any atom is -0.626 e. The van der Waals surface area contributed by atoms with Crippen LogP contribution in [0, 0.1) is 11.0 Å². The minimum absolute atomic E-state index is 0. The third-order valence-electron chi connectivity index (χ3n) is 8.20. The number of nitrogens with one attached hydrogen (secondary N) is 1. The molecule has 228 valence electrons. The number of benzene rings is 1. The number of carboxylic acids is 2. The van der Waals surface area contributed by atoms with Crippen molar-refractivity contribution in [3.8, 4) is 0 Å². The van der Waals surface area contributed by atoms with Crippen molar-refractivity contribution in [2.75, 3.05) is 49.9 Å². The predicted octanol–water partition coefficient (Wildman–Crippen LogP) is -6.14. The molecule has 18 heteroatoms. The molecule has 45 heavy (non-hydrogen) atoms. The maximum Gasteiger partial charge on any atom is 1.00 e. The van der Waals surface area contributed by atoms with E-state index in [-0.39, 0.29) is 101 Å². The molecule has 0 radical (unpaired) electrons. The molecule has 0 spiro atoms. The van der Waals surface area contributed by atoms with Crippen molar-refractivity contribution in [1.29, 1.82) is 0 Å². The first-order valence-corrected chi connectivity index (χ1v) is 16.0. The topological polar surface area (TPSA) is 161 Å². The molecule has 1 amide bonds. The number of rotatable bonds is 8. The van der Waals surface area contributed by atoms with Crippen molar-refractivity contribution < 1.29 is 92.7 Å². The second-order valence-corrected chi connectivity index (χ2v) is 13.7. The van der Waals surface area contributed by atoms with E-state index in [1.165, 1.54) is 18.0 Å². The molecule has 6 rings (SSSR count). The first kappa shape index (κ1) is 36.7. The summed E-state index contributed by atoms with van der Waals surface area (Å²) in [4.78, 5) is 52.3. The zero-order valence-electron chi connectivity index (χ0n) is 24.7. The SMILES string of the molecule is O=C(CSC(=S)N1CCN(c2cc3c(cc2F)c(=O)c(C(=O)[O-])cn3C2CC2)CC1)NCC1=C(C(=O)[O-])[N@+]2([O-])CC[C@H]2S1.[Na+].[Na+]. The van der Waals surface area contributed by atoms with Gasteiger partial charge >= 0.3 is 59.1 Å². The van der Waals surface area contributed by atoms with Crippen LogP contribution in [0.1, 0.15) is 35.7 Å². The Balaban J connectivity index is 0.00000230. The number of thiocarbonyl (C=S) groups is 1. The van der Waals surface area contributed by atoms with Crippen LogP contribution in [-0.2, 0) is 9.59 Å². The first-order chi connectivity index (χ1) is 20.5. The number of halogens is 1. The molecule has 2 saturated heterocycles. The van der Waals surface area contributed by atoms with E-state index >= 15 is 4.39 Å². The first-order valence-electron chi connectivity index (χ1n) is 13.7. The van der Waals surface area contributed by atoms with Gasteiger partial charge in [-0.25, -0.2) is 4.39 Å². The summed E-state index contributed by atoms with van der Waals surface area (Å²) in [6.07, 6.45) is 3.57. The predicted molar refractivity (Wildman–Crippen MR) is 159 cm³/mol. The fourth-order valence-corrected chi connectivity index (χ4v) is 8.19. The number of hydrogen-bond acceptors (Lipinski definition) is 11. The van der Waals surface area contributed by atoms with Crippen molar-refractivity contribution in [1.82, 2.24) is 14.8 Å². The molecule has 4 aliphatic rings. The summed E-state index contributed by atoms with van der Waals surface area (Å²) in [5, 5.41) is 37.9. The second kappa shape index (κ2) is 14.5. The van der Waals surface area contributed by atoms with Crippen LogP contribution in [0.5, 0.6) is 0 Å². The van der Waals surface area contributed by atoms with E-state index in [2.05, 4.69) is 5.32 Å². The summed E-state index contributed by atoms with van der Waals surface area (Å²) in [6.45, 7) is 1.91. The standard InChI is InChI=1S/C27H28FN5O7S3.2Na/c28-17-9-15-18(32(14-1-2-14)12-16(24(15)35)25(36)37)10-19(17)30-4-6-31(7-5-30)27(41)42-13-21(34)29-11-20-23(26(38)39)33(40)8-3-22(33)43-20;;/h9-10,12,14,22H,1-8,11,13H2,(H,29,34)(H,36,37)(H,38,39);;/q;2*+1/p-2/t22-,33+;;/m1../s1. The summed E-state index contributed by atoms with van der Waals surface area (Å²) in [7, 11) is 0. The number of aromatic nitrogens is 1. The number of hydroxylamine groups is 3. The number of carboxylic acid groups (broad SMARTS) is 2. The van der Waals surface area contributed by atoms with Crippen LogP contribution >= 0.6 is 35.7 Å². The number of hydrogen-bond donors (Lipinski definition) is 1. The Bertz CT molecular complexity index is 1670. The van der Waals surface area contributed by atoms with E-state index in [0.29, 0.717) is 53.0 Å². The van der Waals surface area contributed by atoms with Gasteiger partial charge in [0.2, 0.25) is 5.91 Å². The minimum atomic E-state index is -1.59. The number of fused-ring (bicyclic) bond motifs is 2. The van der Waals surface area contributed by atoms with Crippen LogP contribution < -0.4 is 85.0 Å². The van der Waals surface area contributed by atoms with Crippen molar-refractivity contribution >= 4 is 74.5 Å². The van der Waals surface area contributed by atoms with E-state index in [4.69, 9.17) is 12.2 Å². The van der Waals surface area contributed by atoms with E-state index in [9.17, 15) is 34.6 Å². The number of aliphatic carboxylic acids is 1. The van der Waals surface area contributed by atoms with Crippen LogP contribution in [0.2, 0.25) is 0 Å². The quantitative estimate of drug-likeness (QED) is 0.121. The van der Waals surface area contributed by atoms with Crippen LogP contribution in [0.15, 0.2) is 33.7 Å². The monoisotopic (exact) mass is 693 g/mol. The van der Waals surface area contributed by atoms with Gasteiger partial charge in [0.15, 0.2) is 11.1 Å². The van der Waals surface area contributed by atoms with Crippen LogP contribution in [0.3, 0.4) is 0 Å². The van der Waals surface area contributed by atoms with Gasteiger partial charge < -0.3 is 49.3 Å². The van der Waals surface area contributed by atoms with Crippen LogP contribution in [0.25, 0.3) is 10.9 Å². The van der Waals surface area contributed by atoms with Gasteiger partial charge in [0, 0.05) is 43.8 Å². The zero-order valence-corrected chi connectivity index (χ0v) is 31.2. The summed E-state index contributed by atoms with van der Waals surface area (Å²) in [5.41, 5.74) is -0.777. The Labute approximate surface area is 315 Å². The fraction of sp³-hybridized carbons (Fsp3) is 0.444. The van der Waals surface area contributed by atoms with Crippen molar-refractivity contribution in [2.45, 2.75) is 30.7 Å². The van der Waals surface area contributed by atoms with Gasteiger partial charge in [-0.05, 0) is 25.0 Å². The Hall–Kier alpha value is -1.18. The molecule has 3 fully saturated rings. The average molecular weight is 694 g/mol. The average Bonchev–Trinajstić information content (AvgIpc) is 3.79. The molecular formula is C27H26FN5Na2O7S3. The van der Waals surface area contributed by atoms with Gasteiger partial charge in [0.1, 0.15) is 21.5 Å². The van der Waals surface area contributed by atoms with Gasteiger partial charge in [0.05, 0.1) is 52.9 Å². The third-order valence-corrected chi connectivity index (χ3v) is 11.2. The van der Waals surface area contributed by atoms with Crippen molar-refractivity contribution in [3.63, 3.8) is 0 Å². The van der Waals surface area contributed by atoms with Gasteiger partial charge in [-0.2, -0.15) is 0 Å². The molecule has 1 aliphatic carbocycles. The van der Waals surface area contributed by atoms with Crippen molar-refractivity contribution in [2.24, 2.45) is 0 Å². The number of pyridine rings is 1. The van der Waals surface area contributed by atoms with E-state index in [1.807, 2.05) is 9.80 Å². The Morgan fingerprint density at radius 2 is 1.78 bits per heavy atom. The number of thioether (sulfide) groups is 2. The third kappa shape index (κ3) is 7.16. The van der Waals surface area contributed by atoms with Crippen LogP contribution in [-0.4, -0.2) is 86.7 Å². The molecule has 3 aliphatic heterocycles. The van der Waals surface area contributed by atoms with Crippen molar-refractivity contribution in [3.05, 3.63) is 55.7 Å². The Kier molecular flexibility index (Phi) is 11.8. The number of aromatic carboxylic acids is 1. The molecule has 12 nitrogen and oxygen atoms in total. The Morgan fingerprint density at radius 1 is 1.09 bits per heavy atom. The number of carbonyl (C=O) groups is 3. The number of quaternary nitrogens is 1. The largest absolute Gasteiger partial charge is 1.00 e. The normalized spacial score (nSPS) is 22.2. The van der Waals surface area contributed by atoms with Gasteiger partial charge in [-0.1, -0.05) is 35.7 Å².